The van der Waals surface area contributed by atoms with Gasteiger partial charge in [0.2, 0.25) is 0 Å². The van der Waals surface area contributed by atoms with Crippen LogP contribution in [0, 0.1) is 5.92 Å². The highest BCUT2D eigenvalue weighted by Crippen LogP contribution is 2.27. The summed E-state index contributed by atoms with van der Waals surface area (Å²) < 4.78 is 37.0. The lowest BCUT2D eigenvalue weighted by Crippen LogP contribution is -2.19. The molecular formula is C11H14F3NO. The van der Waals surface area contributed by atoms with Crippen molar-refractivity contribution in [2.45, 2.75) is 32.5 Å². The van der Waals surface area contributed by atoms with Crippen molar-refractivity contribution in [3.05, 3.63) is 29.6 Å². The van der Waals surface area contributed by atoms with Crippen molar-refractivity contribution in [2.24, 2.45) is 5.92 Å². The summed E-state index contributed by atoms with van der Waals surface area (Å²) in [5, 5.41) is 9.55. The van der Waals surface area contributed by atoms with Gasteiger partial charge in [-0.25, -0.2) is 4.98 Å². The van der Waals surface area contributed by atoms with E-state index in [1.54, 1.807) is 13.8 Å². The molecule has 1 rings (SSSR count). The number of aliphatic hydroxyl groups is 1. The Hall–Kier alpha value is -1.10. The zero-order valence-corrected chi connectivity index (χ0v) is 9.12. The average Bonchev–Trinajstić information content (AvgIpc) is 2.16. The van der Waals surface area contributed by atoms with Crippen molar-refractivity contribution >= 4 is 0 Å². The molecule has 2 nitrogen and oxygen atoms in total. The van der Waals surface area contributed by atoms with Gasteiger partial charge in [0.05, 0.1) is 6.10 Å². The molecule has 5 heteroatoms. The van der Waals surface area contributed by atoms with Crippen LogP contribution in [-0.2, 0) is 12.6 Å². The zero-order chi connectivity index (χ0) is 12.3. The van der Waals surface area contributed by atoms with E-state index in [4.69, 9.17) is 0 Å². The molecule has 16 heavy (non-hydrogen) atoms. The van der Waals surface area contributed by atoms with Gasteiger partial charge in [-0.05, 0) is 18.1 Å². The van der Waals surface area contributed by atoms with Crippen molar-refractivity contribution in [2.75, 3.05) is 0 Å². The Morgan fingerprint density at radius 2 is 1.94 bits per heavy atom. The lowest BCUT2D eigenvalue weighted by Gasteiger charge is -2.14. The molecule has 0 aliphatic heterocycles. The molecule has 1 aromatic rings. The van der Waals surface area contributed by atoms with Crippen LogP contribution in [-0.4, -0.2) is 16.2 Å². The van der Waals surface area contributed by atoms with Gasteiger partial charge in [0.25, 0.3) is 0 Å². The van der Waals surface area contributed by atoms with E-state index in [0.29, 0.717) is 0 Å². The van der Waals surface area contributed by atoms with Crippen molar-refractivity contribution < 1.29 is 18.3 Å². The Labute approximate surface area is 92.1 Å². The molecule has 1 aromatic heterocycles. The summed E-state index contributed by atoms with van der Waals surface area (Å²) in [4.78, 5) is 3.48. The number of hydrogen-bond acceptors (Lipinski definition) is 2. The first-order valence-corrected chi connectivity index (χ1v) is 5.02. The maximum Gasteiger partial charge on any atom is 0.433 e. The molecule has 0 saturated carbocycles. The summed E-state index contributed by atoms with van der Waals surface area (Å²) in [5.74, 6) is -0.00339. The van der Waals surface area contributed by atoms with Crippen molar-refractivity contribution in [1.29, 1.82) is 0 Å². The van der Waals surface area contributed by atoms with Crippen molar-refractivity contribution in [1.82, 2.24) is 4.98 Å². The Bertz CT molecular complexity index is 349. The third-order valence-corrected chi connectivity index (χ3v) is 2.29. The van der Waals surface area contributed by atoms with E-state index in [2.05, 4.69) is 4.98 Å². The predicted octanol–water partition coefficient (Wildman–Crippen LogP) is 2.66. The molecule has 1 heterocycles. The van der Waals surface area contributed by atoms with Gasteiger partial charge in [-0.3, -0.25) is 0 Å². The minimum Gasteiger partial charge on any atom is -0.392 e. The van der Waals surface area contributed by atoms with Crippen LogP contribution in [0.5, 0.6) is 0 Å². The highest BCUT2D eigenvalue weighted by molar-refractivity contribution is 5.14. The maximum absolute atomic E-state index is 12.3. The average molecular weight is 233 g/mol. The van der Waals surface area contributed by atoms with E-state index in [9.17, 15) is 18.3 Å². The minimum absolute atomic E-state index is 0.00339. The summed E-state index contributed by atoms with van der Waals surface area (Å²) in [6, 6.07) is 3.71. The van der Waals surface area contributed by atoms with Gasteiger partial charge >= 0.3 is 6.18 Å². The number of pyridine rings is 1. The van der Waals surface area contributed by atoms with Crippen LogP contribution in [0.15, 0.2) is 18.2 Å². The van der Waals surface area contributed by atoms with E-state index in [-0.39, 0.29) is 18.0 Å². The fourth-order valence-electron chi connectivity index (χ4n) is 1.20. The molecule has 0 fully saturated rings. The molecule has 0 saturated heterocycles. The number of hydrogen-bond donors (Lipinski definition) is 1. The van der Waals surface area contributed by atoms with Gasteiger partial charge in [0, 0.05) is 12.1 Å². The first-order valence-electron chi connectivity index (χ1n) is 5.02. The molecule has 1 unspecified atom stereocenters. The molecule has 0 aliphatic rings. The zero-order valence-electron chi connectivity index (χ0n) is 9.12. The number of aliphatic hydroxyl groups excluding tert-OH is 1. The molecule has 1 atom stereocenters. The molecule has 90 valence electrons. The quantitative estimate of drug-likeness (QED) is 0.870. The standard InChI is InChI=1S/C11H14F3NO/c1-7(2)9(16)6-8-4-3-5-10(15-8)11(12,13)14/h3-5,7,9,16H,6H2,1-2H3. The Balaban J connectivity index is 2.83. The summed E-state index contributed by atoms with van der Waals surface area (Å²) in [6.45, 7) is 3.61. The second-order valence-corrected chi connectivity index (χ2v) is 4.03. The Morgan fingerprint density at radius 3 is 2.44 bits per heavy atom. The molecule has 1 N–H and O–H groups in total. The van der Waals surface area contributed by atoms with Crippen LogP contribution in [0.2, 0.25) is 0 Å². The lowest BCUT2D eigenvalue weighted by atomic mass is 10.0. The number of alkyl halides is 3. The van der Waals surface area contributed by atoms with Crippen LogP contribution >= 0.6 is 0 Å². The number of rotatable bonds is 3. The monoisotopic (exact) mass is 233 g/mol. The lowest BCUT2D eigenvalue weighted by molar-refractivity contribution is -0.141. The van der Waals surface area contributed by atoms with Crippen molar-refractivity contribution in [3.63, 3.8) is 0 Å². The maximum atomic E-state index is 12.3. The van der Waals surface area contributed by atoms with E-state index in [0.717, 1.165) is 6.07 Å². The number of nitrogens with zero attached hydrogens (tertiary/aromatic N) is 1. The number of halogens is 3. The summed E-state index contributed by atoms with van der Waals surface area (Å²) in [7, 11) is 0. The van der Waals surface area contributed by atoms with Crippen LogP contribution in [0.1, 0.15) is 25.2 Å². The Kier molecular flexibility index (Phi) is 3.91. The SMILES string of the molecule is CC(C)C(O)Cc1cccc(C(F)(F)F)n1. The van der Waals surface area contributed by atoms with E-state index in [1.165, 1.54) is 12.1 Å². The summed E-state index contributed by atoms with van der Waals surface area (Å²) in [6.07, 6.45) is -4.96. The van der Waals surface area contributed by atoms with E-state index in [1.807, 2.05) is 0 Å². The molecule has 0 spiro atoms. The van der Waals surface area contributed by atoms with Crippen LogP contribution in [0.25, 0.3) is 0 Å². The van der Waals surface area contributed by atoms with Crippen LogP contribution in [0.4, 0.5) is 13.2 Å². The van der Waals surface area contributed by atoms with Crippen LogP contribution < -0.4 is 0 Å². The predicted molar refractivity (Wildman–Crippen MR) is 53.8 cm³/mol. The van der Waals surface area contributed by atoms with Gasteiger partial charge in [-0.15, -0.1) is 0 Å². The highest BCUT2D eigenvalue weighted by atomic mass is 19.4. The largest absolute Gasteiger partial charge is 0.433 e. The molecule has 0 amide bonds. The molecule has 0 bridgehead atoms. The minimum atomic E-state index is -4.43. The Morgan fingerprint density at radius 1 is 1.31 bits per heavy atom. The third kappa shape index (κ3) is 3.48. The molecular weight excluding hydrogens is 219 g/mol. The molecule has 0 aromatic carbocycles. The smallest absolute Gasteiger partial charge is 0.392 e. The first-order chi connectivity index (χ1) is 7.30. The fraction of sp³-hybridized carbons (Fsp3) is 0.545. The molecule has 0 aliphatic carbocycles. The third-order valence-electron chi connectivity index (χ3n) is 2.29. The van der Waals surface area contributed by atoms with Crippen LogP contribution in [0.3, 0.4) is 0 Å². The van der Waals surface area contributed by atoms with E-state index >= 15 is 0 Å². The topological polar surface area (TPSA) is 33.1 Å². The van der Waals surface area contributed by atoms with E-state index < -0.39 is 18.0 Å². The number of aromatic nitrogens is 1. The van der Waals surface area contributed by atoms with Gasteiger partial charge in [-0.2, -0.15) is 13.2 Å². The fourth-order valence-corrected chi connectivity index (χ4v) is 1.20. The van der Waals surface area contributed by atoms with Gasteiger partial charge in [0.1, 0.15) is 5.69 Å². The van der Waals surface area contributed by atoms with Gasteiger partial charge in [-0.1, -0.05) is 19.9 Å². The molecule has 0 radical (unpaired) electrons. The second-order valence-electron chi connectivity index (χ2n) is 4.03. The first kappa shape index (κ1) is 13.0. The summed E-state index contributed by atoms with van der Waals surface area (Å²) >= 11 is 0. The van der Waals surface area contributed by atoms with Gasteiger partial charge in [0.15, 0.2) is 0 Å². The highest BCUT2D eigenvalue weighted by Gasteiger charge is 2.32. The summed E-state index contributed by atoms with van der Waals surface area (Å²) in [5.41, 5.74) is -0.656. The normalized spacial score (nSPS) is 14.2. The second kappa shape index (κ2) is 4.82. The van der Waals surface area contributed by atoms with Crippen molar-refractivity contribution in [3.8, 4) is 0 Å². The van der Waals surface area contributed by atoms with Gasteiger partial charge < -0.3 is 5.11 Å².